The molecule has 0 saturated carbocycles. The van der Waals surface area contributed by atoms with E-state index in [2.05, 4.69) is 10.6 Å². The molecule has 2 amide bonds. The molecular weight excluding hydrogens is 335 g/mol. The minimum atomic E-state index is -1.15. The van der Waals surface area contributed by atoms with Crippen LogP contribution in [0.4, 0.5) is 10.5 Å². The van der Waals surface area contributed by atoms with Gasteiger partial charge in [-0.2, -0.15) is 0 Å². The van der Waals surface area contributed by atoms with E-state index in [0.29, 0.717) is 6.54 Å². The highest BCUT2D eigenvalue weighted by atomic mass is 35.5. The molecule has 0 unspecified atom stereocenters. The predicted octanol–water partition coefficient (Wildman–Crippen LogP) is 4.07. The molecule has 0 spiro atoms. The third-order valence-corrected chi connectivity index (χ3v) is 4.00. The Morgan fingerprint density at radius 1 is 1.24 bits per heavy atom. The van der Waals surface area contributed by atoms with E-state index in [9.17, 15) is 9.59 Å². The van der Waals surface area contributed by atoms with Crippen molar-refractivity contribution in [1.29, 1.82) is 0 Å². The van der Waals surface area contributed by atoms with E-state index in [0.717, 1.165) is 4.88 Å². The molecule has 110 valence electrons. The number of nitrogens with one attached hydrogen (secondary N) is 2. The maximum absolute atomic E-state index is 11.8. The predicted molar refractivity (Wildman–Crippen MR) is 83.6 cm³/mol. The van der Waals surface area contributed by atoms with Gasteiger partial charge in [0.05, 0.1) is 27.8 Å². The van der Waals surface area contributed by atoms with Crippen molar-refractivity contribution in [2.24, 2.45) is 0 Å². The first-order valence-electron chi connectivity index (χ1n) is 5.77. The number of carboxylic acids is 1. The zero-order chi connectivity index (χ0) is 15.4. The second-order valence-corrected chi connectivity index (χ2v) is 5.85. The number of halogens is 2. The van der Waals surface area contributed by atoms with Crippen molar-refractivity contribution in [1.82, 2.24) is 5.32 Å². The van der Waals surface area contributed by atoms with E-state index in [-0.39, 0.29) is 21.3 Å². The van der Waals surface area contributed by atoms with Crippen molar-refractivity contribution in [2.45, 2.75) is 6.54 Å². The molecule has 5 nitrogen and oxygen atoms in total. The number of thiophene rings is 1. The average Bonchev–Trinajstić information content (AvgIpc) is 2.93. The van der Waals surface area contributed by atoms with Gasteiger partial charge in [0.15, 0.2) is 0 Å². The Hall–Kier alpha value is -1.76. The van der Waals surface area contributed by atoms with Crippen LogP contribution in [0.1, 0.15) is 15.2 Å². The lowest BCUT2D eigenvalue weighted by molar-refractivity contribution is 0.0697. The summed E-state index contributed by atoms with van der Waals surface area (Å²) in [6.07, 6.45) is 0. The van der Waals surface area contributed by atoms with Gasteiger partial charge in [0, 0.05) is 4.88 Å². The van der Waals surface area contributed by atoms with Gasteiger partial charge in [-0.25, -0.2) is 9.59 Å². The van der Waals surface area contributed by atoms with Crippen molar-refractivity contribution >= 4 is 52.2 Å². The van der Waals surface area contributed by atoms with Crippen LogP contribution in [0.2, 0.25) is 10.0 Å². The maximum Gasteiger partial charge on any atom is 0.335 e. The molecule has 0 bridgehead atoms. The zero-order valence-electron chi connectivity index (χ0n) is 10.5. The number of amides is 2. The summed E-state index contributed by atoms with van der Waals surface area (Å²) in [6, 6.07) is 5.76. The largest absolute Gasteiger partial charge is 0.478 e. The molecule has 0 saturated heterocycles. The Kier molecular flexibility index (Phi) is 5.06. The van der Waals surface area contributed by atoms with Crippen LogP contribution in [-0.4, -0.2) is 17.1 Å². The molecule has 0 aliphatic carbocycles. The van der Waals surface area contributed by atoms with Crippen LogP contribution in [-0.2, 0) is 6.54 Å². The van der Waals surface area contributed by atoms with E-state index in [1.54, 1.807) is 0 Å². The third-order valence-electron chi connectivity index (χ3n) is 2.53. The van der Waals surface area contributed by atoms with Gasteiger partial charge in [-0.3, -0.25) is 0 Å². The number of urea groups is 1. The molecule has 0 fully saturated rings. The molecule has 1 aromatic heterocycles. The van der Waals surface area contributed by atoms with Crippen molar-refractivity contribution in [3.05, 3.63) is 50.1 Å². The number of benzene rings is 1. The highest BCUT2D eigenvalue weighted by Gasteiger charge is 2.14. The van der Waals surface area contributed by atoms with Gasteiger partial charge in [-0.05, 0) is 23.6 Å². The molecule has 21 heavy (non-hydrogen) atoms. The van der Waals surface area contributed by atoms with E-state index in [1.165, 1.54) is 23.5 Å². The first kappa shape index (κ1) is 15.6. The lowest BCUT2D eigenvalue weighted by Gasteiger charge is -2.11. The Morgan fingerprint density at radius 2 is 1.90 bits per heavy atom. The summed E-state index contributed by atoms with van der Waals surface area (Å²) in [4.78, 5) is 23.6. The molecule has 2 aromatic rings. The van der Waals surface area contributed by atoms with Gasteiger partial charge >= 0.3 is 12.0 Å². The fourth-order valence-corrected chi connectivity index (χ4v) is 2.78. The Balaban J connectivity index is 2.05. The molecule has 8 heteroatoms. The normalized spacial score (nSPS) is 10.2. The molecule has 1 heterocycles. The third kappa shape index (κ3) is 4.10. The topological polar surface area (TPSA) is 78.4 Å². The number of carboxylic acid groups (broad SMARTS) is 1. The average molecular weight is 345 g/mol. The van der Waals surface area contributed by atoms with Crippen LogP contribution in [0.15, 0.2) is 29.6 Å². The van der Waals surface area contributed by atoms with Gasteiger partial charge in [-0.1, -0.05) is 29.3 Å². The van der Waals surface area contributed by atoms with Crippen LogP contribution in [0.25, 0.3) is 0 Å². The van der Waals surface area contributed by atoms with Crippen molar-refractivity contribution in [3.8, 4) is 0 Å². The SMILES string of the molecule is O=C(NCc1cccs1)Nc1c(Cl)cc(C(=O)O)cc1Cl. The minimum Gasteiger partial charge on any atom is -0.478 e. The molecule has 1 aromatic carbocycles. The fraction of sp³-hybridized carbons (Fsp3) is 0.0769. The number of carbonyl (C=O) groups excluding carboxylic acids is 1. The summed E-state index contributed by atoms with van der Waals surface area (Å²) in [5, 5.41) is 16.1. The van der Waals surface area contributed by atoms with Gasteiger partial charge in [0.2, 0.25) is 0 Å². The highest BCUT2D eigenvalue weighted by molar-refractivity contribution is 7.09. The zero-order valence-corrected chi connectivity index (χ0v) is 12.9. The number of hydrogen-bond acceptors (Lipinski definition) is 3. The van der Waals surface area contributed by atoms with Gasteiger partial charge < -0.3 is 15.7 Å². The lowest BCUT2D eigenvalue weighted by atomic mass is 10.2. The van der Waals surface area contributed by atoms with E-state index >= 15 is 0 Å². The summed E-state index contributed by atoms with van der Waals surface area (Å²) in [6.45, 7) is 0.381. The van der Waals surface area contributed by atoms with Gasteiger partial charge in [0.1, 0.15) is 0 Å². The summed E-state index contributed by atoms with van der Waals surface area (Å²) < 4.78 is 0. The van der Waals surface area contributed by atoms with E-state index in [4.69, 9.17) is 28.3 Å². The molecule has 2 rings (SSSR count). The molecule has 0 radical (unpaired) electrons. The van der Waals surface area contributed by atoms with Gasteiger partial charge in [-0.15, -0.1) is 11.3 Å². The highest BCUT2D eigenvalue weighted by Crippen LogP contribution is 2.31. The molecule has 3 N–H and O–H groups in total. The van der Waals surface area contributed by atoms with E-state index < -0.39 is 12.0 Å². The second kappa shape index (κ2) is 6.80. The molecule has 0 atom stereocenters. The number of hydrogen-bond donors (Lipinski definition) is 3. The van der Waals surface area contributed by atoms with Crippen molar-refractivity contribution in [3.63, 3.8) is 0 Å². The first-order chi connectivity index (χ1) is 9.97. The standard InChI is InChI=1S/C13H10Cl2N2O3S/c14-9-4-7(12(18)19)5-10(15)11(9)17-13(20)16-6-8-2-1-3-21-8/h1-5H,6H2,(H,18,19)(H2,16,17,20). The fourth-order valence-electron chi connectivity index (χ4n) is 1.55. The first-order valence-corrected chi connectivity index (χ1v) is 7.40. The summed E-state index contributed by atoms with van der Waals surface area (Å²) in [7, 11) is 0. The van der Waals surface area contributed by atoms with Crippen molar-refractivity contribution in [2.75, 3.05) is 5.32 Å². The number of rotatable bonds is 4. The number of aromatic carboxylic acids is 1. The monoisotopic (exact) mass is 344 g/mol. The van der Waals surface area contributed by atoms with Crippen LogP contribution < -0.4 is 10.6 Å². The Morgan fingerprint density at radius 3 is 2.43 bits per heavy atom. The van der Waals surface area contributed by atoms with Crippen LogP contribution in [0.3, 0.4) is 0 Å². The Bertz CT molecular complexity index is 651. The summed E-state index contributed by atoms with van der Waals surface area (Å²) in [5.41, 5.74) is 0.126. The summed E-state index contributed by atoms with van der Waals surface area (Å²) >= 11 is 13.4. The second-order valence-electron chi connectivity index (χ2n) is 4.01. The van der Waals surface area contributed by atoms with Crippen LogP contribution >= 0.6 is 34.5 Å². The van der Waals surface area contributed by atoms with Crippen LogP contribution in [0, 0.1) is 0 Å². The van der Waals surface area contributed by atoms with Crippen LogP contribution in [0.5, 0.6) is 0 Å². The van der Waals surface area contributed by atoms with Gasteiger partial charge in [0.25, 0.3) is 0 Å². The molecule has 0 aliphatic rings. The molecule has 0 aliphatic heterocycles. The Labute approximate surface area is 134 Å². The van der Waals surface area contributed by atoms with Crippen molar-refractivity contribution < 1.29 is 14.7 Å². The minimum absolute atomic E-state index is 0.0467. The molecular formula is C13H10Cl2N2O3S. The smallest absolute Gasteiger partial charge is 0.335 e. The maximum atomic E-state index is 11.8. The van der Waals surface area contributed by atoms with E-state index in [1.807, 2.05) is 17.5 Å². The number of carbonyl (C=O) groups is 2. The quantitative estimate of drug-likeness (QED) is 0.781. The number of anilines is 1. The summed E-state index contributed by atoms with van der Waals surface area (Å²) in [5.74, 6) is -1.15. The lowest BCUT2D eigenvalue weighted by Crippen LogP contribution is -2.28.